The summed E-state index contributed by atoms with van der Waals surface area (Å²) < 4.78 is 6.48. The van der Waals surface area contributed by atoms with Crippen LogP contribution in [0.4, 0.5) is 5.69 Å². The number of oxazole rings is 1. The van der Waals surface area contributed by atoms with Crippen molar-refractivity contribution in [1.29, 1.82) is 0 Å². The number of anilines is 1. The molecule has 2 aromatic carbocycles. The maximum atomic E-state index is 12.3. The van der Waals surface area contributed by atoms with Crippen LogP contribution in [0.2, 0.25) is 0 Å². The van der Waals surface area contributed by atoms with E-state index in [0.717, 1.165) is 21.1 Å². The Labute approximate surface area is 135 Å². The van der Waals surface area contributed by atoms with Crippen LogP contribution in [-0.4, -0.2) is 10.9 Å². The maximum Gasteiger partial charge on any atom is 0.256 e. The molecule has 0 unspecified atom stereocenters. The number of carbonyl (C=O) groups excluding carboxylic acids is 1. The van der Waals surface area contributed by atoms with Gasteiger partial charge in [-0.3, -0.25) is 4.79 Å². The smallest absolute Gasteiger partial charge is 0.256 e. The standard InChI is InChI=1S/C16H13IN2O2/c1-2-15-19-13-9-10(7-8-14(13)21-15)18-16(20)11-5-3-4-6-12(11)17/h3-9H,2H2,1H3,(H,18,20). The van der Waals surface area contributed by atoms with Crippen molar-refractivity contribution in [2.24, 2.45) is 0 Å². The largest absolute Gasteiger partial charge is 0.441 e. The number of nitrogens with zero attached hydrogens (tertiary/aromatic N) is 1. The zero-order valence-electron chi connectivity index (χ0n) is 11.4. The van der Waals surface area contributed by atoms with Gasteiger partial charge in [0.05, 0.1) is 5.56 Å². The molecular formula is C16H13IN2O2. The van der Waals surface area contributed by atoms with Crippen LogP contribution in [0, 0.1) is 3.57 Å². The lowest BCUT2D eigenvalue weighted by Crippen LogP contribution is -2.13. The Kier molecular flexibility index (Phi) is 3.92. The van der Waals surface area contributed by atoms with Crippen molar-refractivity contribution in [3.63, 3.8) is 0 Å². The van der Waals surface area contributed by atoms with Gasteiger partial charge in [0.1, 0.15) is 5.52 Å². The highest BCUT2D eigenvalue weighted by Gasteiger charge is 2.11. The summed E-state index contributed by atoms with van der Waals surface area (Å²) in [7, 11) is 0. The van der Waals surface area contributed by atoms with Crippen molar-refractivity contribution < 1.29 is 9.21 Å². The lowest BCUT2D eigenvalue weighted by atomic mass is 10.2. The Morgan fingerprint density at radius 2 is 2.10 bits per heavy atom. The predicted molar refractivity (Wildman–Crippen MR) is 90.5 cm³/mol. The van der Waals surface area contributed by atoms with E-state index in [4.69, 9.17) is 4.42 Å². The second kappa shape index (κ2) is 5.85. The first-order valence-electron chi connectivity index (χ1n) is 6.62. The average Bonchev–Trinajstić information content (AvgIpc) is 2.90. The molecule has 106 valence electrons. The number of carbonyl (C=O) groups is 1. The van der Waals surface area contributed by atoms with E-state index in [1.165, 1.54) is 0 Å². The van der Waals surface area contributed by atoms with Crippen molar-refractivity contribution in [3.05, 3.63) is 57.5 Å². The number of rotatable bonds is 3. The molecule has 0 spiro atoms. The quantitative estimate of drug-likeness (QED) is 0.679. The number of fused-ring (bicyclic) bond motifs is 1. The lowest BCUT2D eigenvalue weighted by molar-refractivity contribution is 0.102. The van der Waals surface area contributed by atoms with Crippen molar-refractivity contribution in [1.82, 2.24) is 4.98 Å². The van der Waals surface area contributed by atoms with Crippen molar-refractivity contribution in [3.8, 4) is 0 Å². The summed E-state index contributed by atoms with van der Waals surface area (Å²) in [4.78, 5) is 16.6. The van der Waals surface area contributed by atoms with Crippen LogP contribution >= 0.6 is 22.6 Å². The molecule has 4 nitrogen and oxygen atoms in total. The molecule has 0 aliphatic rings. The molecule has 1 heterocycles. The van der Waals surface area contributed by atoms with E-state index in [1.54, 1.807) is 6.07 Å². The SMILES string of the molecule is CCc1nc2cc(NC(=O)c3ccccc3I)ccc2o1. The fourth-order valence-electron chi connectivity index (χ4n) is 2.05. The molecule has 0 aliphatic carbocycles. The average molecular weight is 392 g/mol. The molecule has 3 rings (SSSR count). The molecule has 0 atom stereocenters. The van der Waals surface area contributed by atoms with Crippen LogP contribution in [0.5, 0.6) is 0 Å². The normalized spacial score (nSPS) is 10.8. The van der Waals surface area contributed by atoms with E-state index in [0.29, 0.717) is 17.1 Å². The Morgan fingerprint density at radius 1 is 1.29 bits per heavy atom. The van der Waals surface area contributed by atoms with Gasteiger partial charge in [-0.15, -0.1) is 0 Å². The van der Waals surface area contributed by atoms with Crippen molar-refractivity contribution >= 4 is 45.3 Å². The van der Waals surface area contributed by atoms with Crippen LogP contribution in [0.1, 0.15) is 23.2 Å². The third-order valence-corrected chi connectivity index (χ3v) is 4.05. The fourth-order valence-corrected chi connectivity index (χ4v) is 2.68. The zero-order valence-corrected chi connectivity index (χ0v) is 13.5. The van der Waals surface area contributed by atoms with E-state index in [1.807, 2.05) is 43.3 Å². The van der Waals surface area contributed by atoms with Gasteiger partial charge in [0.2, 0.25) is 0 Å². The highest BCUT2D eigenvalue weighted by atomic mass is 127. The molecule has 0 saturated carbocycles. The molecule has 21 heavy (non-hydrogen) atoms. The van der Waals surface area contributed by atoms with Crippen LogP contribution < -0.4 is 5.32 Å². The summed E-state index contributed by atoms with van der Waals surface area (Å²) in [5, 5.41) is 2.89. The molecule has 5 heteroatoms. The topological polar surface area (TPSA) is 55.1 Å². The zero-order chi connectivity index (χ0) is 14.8. The first kappa shape index (κ1) is 14.1. The molecular weight excluding hydrogens is 379 g/mol. The monoisotopic (exact) mass is 392 g/mol. The van der Waals surface area contributed by atoms with Gasteiger partial charge >= 0.3 is 0 Å². The summed E-state index contributed by atoms with van der Waals surface area (Å²) in [6.45, 7) is 1.99. The first-order valence-corrected chi connectivity index (χ1v) is 7.70. The number of aryl methyl sites for hydroxylation is 1. The molecule has 0 saturated heterocycles. The predicted octanol–water partition coefficient (Wildman–Crippen LogP) is 4.25. The number of hydrogen-bond donors (Lipinski definition) is 1. The third kappa shape index (κ3) is 2.92. The Hall–Kier alpha value is -1.89. The molecule has 1 amide bonds. The molecule has 1 aromatic heterocycles. The van der Waals surface area contributed by atoms with Crippen LogP contribution in [0.3, 0.4) is 0 Å². The van der Waals surface area contributed by atoms with Gasteiger partial charge in [0.15, 0.2) is 11.5 Å². The van der Waals surface area contributed by atoms with Crippen LogP contribution in [-0.2, 0) is 6.42 Å². The highest BCUT2D eigenvalue weighted by molar-refractivity contribution is 14.1. The van der Waals surface area contributed by atoms with Gasteiger partial charge in [-0.25, -0.2) is 4.98 Å². The van der Waals surface area contributed by atoms with Crippen molar-refractivity contribution in [2.45, 2.75) is 13.3 Å². The summed E-state index contributed by atoms with van der Waals surface area (Å²) in [5.74, 6) is 0.574. The molecule has 0 radical (unpaired) electrons. The minimum atomic E-state index is -0.126. The Morgan fingerprint density at radius 3 is 2.86 bits per heavy atom. The lowest BCUT2D eigenvalue weighted by Gasteiger charge is -2.06. The highest BCUT2D eigenvalue weighted by Crippen LogP contribution is 2.21. The number of nitrogens with one attached hydrogen (secondary N) is 1. The summed E-state index contributed by atoms with van der Waals surface area (Å²) in [6.07, 6.45) is 0.749. The molecule has 0 aliphatic heterocycles. The van der Waals surface area contributed by atoms with Crippen LogP contribution in [0.25, 0.3) is 11.1 Å². The number of halogens is 1. The van der Waals surface area contributed by atoms with Gasteiger partial charge in [-0.05, 0) is 52.9 Å². The number of amides is 1. The summed E-state index contributed by atoms with van der Waals surface area (Å²) in [5.41, 5.74) is 2.86. The second-order valence-electron chi connectivity index (χ2n) is 4.58. The van der Waals surface area contributed by atoms with E-state index < -0.39 is 0 Å². The van der Waals surface area contributed by atoms with Crippen LogP contribution in [0.15, 0.2) is 46.9 Å². The van der Waals surface area contributed by atoms with E-state index in [-0.39, 0.29) is 5.91 Å². The van der Waals surface area contributed by atoms with E-state index in [9.17, 15) is 4.79 Å². The second-order valence-corrected chi connectivity index (χ2v) is 5.74. The van der Waals surface area contributed by atoms with E-state index >= 15 is 0 Å². The molecule has 0 bridgehead atoms. The van der Waals surface area contributed by atoms with Gasteiger partial charge in [0, 0.05) is 15.7 Å². The van der Waals surface area contributed by atoms with E-state index in [2.05, 4.69) is 32.9 Å². The minimum absolute atomic E-state index is 0.126. The Balaban J connectivity index is 1.87. The van der Waals surface area contributed by atoms with Gasteiger partial charge in [0.25, 0.3) is 5.91 Å². The minimum Gasteiger partial charge on any atom is -0.441 e. The molecule has 1 N–H and O–H groups in total. The maximum absolute atomic E-state index is 12.3. The summed E-state index contributed by atoms with van der Waals surface area (Å²) >= 11 is 2.15. The van der Waals surface area contributed by atoms with Gasteiger partial charge < -0.3 is 9.73 Å². The molecule has 0 fully saturated rings. The van der Waals surface area contributed by atoms with Crippen molar-refractivity contribution in [2.75, 3.05) is 5.32 Å². The number of hydrogen-bond acceptors (Lipinski definition) is 3. The Bertz CT molecular complexity index is 811. The first-order chi connectivity index (χ1) is 10.2. The third-order valence-electron chi connectivity index (χ3n) is 3.11. The number of benzene rings is 2. The van der Waals surface area contributed by atoms with Gasteiger partial charge in [-0.1, -0.05) is 19.1 Å². The fraction of sp³-hybridized carbons (Fsp3) is 0.125. The summed E-state index contributed by atoms with van der Waals surface area (Å²) in [6, 6.07) is 12.9. The van der Waals surface area contributed by atoms with Gasteiger partial charge in [-0.2, -0.15) is 0 Å². The molecule has 3 aromatic rings. The number of aromatic nitrogens is 1.